The van der Waals surface area contributed by atoms with Crippen molar-refractivity contribution in [2.24, 2.45) is 0 Å². The lowest BCUT2D eigenvalue weighted by Gasteiger charge is -2.30. The van der Waals surface area contributed by atoms with Crippen molar-refractivity contribution in [3.05, 3.63) is 48.4 Å². The molecular formula is C23H26N4O6S. The fourth-order valence-electron chi connectivity index (χ4n) is 3.90. The summed E-state index contributed by atoms with van der Waals surface area (Å²) in [7, 11) is -0.771. The van der Waals surface area contributed by atoms with Gasteiger partial charge in [0, 0.05) is 25.6 Å². The van der Waals surface area contributed by atoms with E-state index < -0.39 is 10.0 Å². The van der Waals surface area contributed by atoms with Crippen LogP contribution >= 0.6 is 0 Å². The van der Waals surface area contributed by atoms with Gasteiger partial charge in [-0.1, -0.05) is 0 Å². The molecule has 1 atom stereocenters. The first kappa shape index (κ1) is 23.7. The summed E-state index contributed by atoms with van der Waals surface area (Å²) in [6.07, 6.45) is 1.38. The number of carbonyl (C=O) groups excluding carboxylic acids is 1. The Morgan fingerprint density at radius 1 is 1.12 bits per heavy atom. The molecule has 0 saturated carbocycles. The van der Waals surface area contributed by atoms with Gasteiger partial charge in [0.25, 0.3) is 0 Å². The van der Waals surface area contributed by atoms with Crippen molar-refractivity contribution in [3.63, 3.8) is 0 Å². The summed E-state index contributed by atoms with van der Waals surface area (Å²) >= 11 is 0. The molecule has 1 aliphatic heterocycles. The van der Waals surface area contributed by atoms with Gasteiger partial charge >= 0.3 is 0 Å². The Morgan fingerprint density at radius 3 is 2.56 bits per heavy atom. The quantitative estimate of drug-likeness (QED) is 0.540. The topological polar surface area (TPSA) is 124 Å². The van der Waals surface area contributed by atoms with Crippen LogP contribution in [0.2, 0.25) is 0 Å². The normalized spacial score (nSPS) is 16.7. The molecule has 1 aliphatic rings. The van der Waals surface area contributed by atoms with E-state index in [1.165, 1.54) is 36.5 Å². The minimum Gasteiger partial charge on any atom is -0.497 e. The largest absolute Gasteiger partial charge is 0.497 e. The minimum absolute atomic E-state index is 0.0714. The number of nitrogens with one attached hydrogen (secondary N) is 1. The molecule has 4 rings (SSSR count). The number of nitrogens with zero attached hydrogens (tertiary/aromatic N) is 3. The molecule has 2 heterocycles. The van der Waals surface area contributed by atoms with E-state index in [0.717, 1.165) is 17.7 Å². The van der Waals surface area contributed by atoms with Crippen LogP contribution in [-0.4, -0.2) is 56.1 Å². The molecule has 1 aromatic heterocycles. The van der Waals surface area contributed by atoms with Gasteiger partial charge in [-0.05, 0) is 55.3 Å². The number of hydrogen-bond donors (Lipinski definition) is 1. The van der Waals surface area contributed by atoms with Crippen LogP contribution in [0.1, 0.15) is 31.6 Å². The number of amides is 1. The summed E-state index contributed by atoms with van der Waals surface area (Å²) in [6, 6.07) is 11.7. The highest BCUT2D eigenvalue weighted by Crippen LogP contribution is 2.34. The first-order valence-corrected chi connectivity index (χ1v) is 12.2. The SMILES string of the molecule is COc1ccc(-c2nnc([C@@H]3CCCN(S(=O)(=O)c4ccc(OC)c(NC(C)=O)c4)C3)o2)cc1. The second-order valence-corrected chi connectivity index (χ2v) is 9.86. The third kappa shape index (κ3) is 4.90. The number of ether oxygens (including phenoxy) is 2. The Hall–Kier alpha value is -3.44. The van der Waals surface area contributed by atoms with Crippen LogP contribution in [0.3, 0.4) is 0 Å². The molecule has 2 aromatic carbocycles. The summed E-state index contributed by atoms with van der Waals surface area (Å²) in [4.78, 5) is 11.6. The van der Waals surface area contributed by atoms with Crippen molar-refractivity contribution in [3.8, 4) is 23.0 Å². The average molecular weight is 487 g/mol. The smallest absolute Gasteiger partial charge is 0.247 e. The first-order valence-electron chi connectivity index (χ1n) is 10.8. The van der Waals surface area contributed by atoms with Crippen LogP contribution in [-0.2, 0) is 14.8 Å². The van der Waals surface area contributed by atoms with E-state index in [2.05, 4.69) is 15.5 Å². The summed E-state index contributed by atoms with van der Waals surface area (Å²) in [5.41, 5.74) is 1.05. The zero-order valence-corrected chi connectivity index (χ0v) is 20.0. The van der Waals surface area contributed by atoms with E-state index in [1.807, 2.05) is 12.1 Å². The number of rotatable bonds is 7. The lowest BCUT2D eigenvalue weighted by atomic mass is 10.00. The summed E-state index contributed by atoms with van der Waals surface area (Å²) in [6.45, 7) is 1.94. The number of methoxy groups -OCH3 is 2. The van der Waals surface area contributed by atoms with Crippen LogP contribution in [0.25, 0.3) is 11.5 Å². The van der Waals surface area contributed by atoms with Crippen molar-refractivity contribution in [1.82, 2.24) is 14.5 Å². The fraction of sp³-hybridized carbons (Fsp3) is 0.348. The van der Waals surface area contributed by atoms with Gasteiger partial charge in [0.15, 0.2) is 0 Å². The van der Waals surface area contributed by atoms with Gasteiger partial charge in [-0.2, -0.15) is 4.31 Å². The molecule has 0 radical (unpaired) electrons. The fourth-order valence-corrected chi connectivity index (χ4v) is 5.45. The van der Waals surface area contributed by atoms with Crippen molar-refractivity contribution in [2.45, 2.75) is 30.6 Å². The Morgan fingerprint density at radius 2 is 1.88 bits per heavy atom. The highest BCUT2D eigenvalue weighted by Gasteiger charge is 2.33. The Labute approximate surface area is 197 Å². The lowest BCUT2D eigenvalue weighted by molar-refractivity contribution is -0.114. The van der Waals surface area contributed by atoms with E-state index in [9.17, 15) is 13.2 Å². The number of aromatic nitrogens is 2. The molecule has 3 aromatic rings. The summed E-state index contributed by atoms with van der Waals surface area (Å²) in [5, 5.41) is 10.9. The van der Waals surface area contributed by atoms with Gasteiger partial charge in [0.1, 0.15) is 11.5 Å². The molecule has 10 nitrogen and oxygen atoms in total. The van der Waals surface area contributed by atoms with Crippen LogP contribution in [0.5, 0.6) is 11.5 Å². The highest BCUT2D eigenvalue weighted by atomic mass is 32.2. The predicted molar refractivity (Wildman–Crippen MR) is 124 cm³/mol. The van der Waals surface area contributed by atoms with Crippen LogP contribution in [0, 0.1) is 0 Å². The molecule has 0 bridgehead atoms. The van der Waals surface area contributed by atoms with E-state index in [-0.39, 0.29) is 23.3 Å². The van der Waals surface area contributed by atoms with Gasteiger partial charge in [0.2, 0.25) is 27.7 Å². The van der Waals surface area contributed by atoms with Crippen LogP contribution in [0.4, 0.5) is 5.69 Å². The number of hydrogen-bond acceptors (Lipinski definition) is 8. The zero-order valence-electron chi connectivity index (χ0n) is 19.1. The van der Waals surface area contributed by atoms with Crippen LogP contribution in [0.15, 0.2) is 51.8 Å². The van der Waals surface area contributed by atoms with Gasteiger partial charge in [-0.15, -0.1) is 10.2 Å². The maximum absolute atomic E-state index is 13.4. The van der Waals surface area contributed by atoms with Crippen molar-refractivity contribution < 1.29 is 27.1 Å². The van der Waals surface area contributed by atoms with E-state index in [1.54, 1.807) is 19.2 Å². The third-order valence-electron chi connectivity index (χ3n) is 5.63. The van der Waals surface area contributed by atoms with Crippen molar-refractivity contribution in [2.75, 3.05) is 32.6 Å². The zero-order chi connectivity index (χ0) is 24.3. The molecule has 34 heavy (non-hydrogen) atoms. The average Bonchev–Trinajstić information content (AvgIpc) is 3.34. The second-order valence-electron chi connectivity index (χ2n) is 7.92. The van der Waals surface area contributed by atoms with Gasteiger partial charge in [0.05, 0.1) is 30.7 Å². The molecule has 1 saturated heterocycles. The summed E-state index contributed by atoms with van der Waals surface area (Å²) in [5.74, 6) is 1.32. The Balaban J connectivity index is 1.54. The third-order valence-corrected chi connectivity index (χ3v) is 7.49. The number of piperidine rings is 1. The molecule has 180 valence electrons. The molecule has 1 N–H and O–H groups in total. The number of benzene rings is 2. The maximum Gasteiger partial charge on any atom is 0.247 e. The molecule has 1 amide bonds. The molecule has 11 heteroatoms. The monoisotopic (exact) mass is 486 g/mol. The van der Waals surface area contributed by atoms with Crippen molar-refractivity contribution in [1.29, 1.82) is 0 Å². The second kappa shape index (κ2) is 9.82. The van der Waals surface area contributed by atoms with Gasteiger partial charge < -0.3 is 19.2 Å². The Kier molecular flexibility index (Phi) is 6.85. The van der Waals surface area contributed by atoms with Crippen molar-refractivity contribution >= 4 is 21.6 Å². The Bertz CT molecular complexity index is 1270. The first-order chi connectivity index (χ1) is 16.3. The van der Waals surface area contributed by atoms with Gasteiger partial charge in [-0.3, -0.25) is 4.79 Å². The van der Waals surface area contributed by atoms with Crippen LogP contribution < -0.4 is 14.8 Å². The highest BCUT2D eigenvalue weighted by molar-refractivity contribution is 7.89. The predicted octanol–water partition coefficient (Wildman–Crippen LogP) is 3.28. The van der Waals surface area contributed by atoms with E-state index in [0.29, 0.717) is 36.2 Å². The number of carbonyl (C=O) groups is 1. The summed E-state index contributed by atoms with van der Waals surface area (Å²) < 4.78 is 44.5. The standard InChI is InChI=1S/C23H26N4O6S/c1-15(28)24-20-13-19(10-11-21(20)32-3)34(29,30)27-12-4-5-17(14-27)23-26-25-22(33-23)16-6-8-18(31-2)9-7-16/h6-11,13,17H,4-5,12,14H2,1-3H3,(H,24,28)/t17-/m1/s1. The number of sulfonamides is 1. The molecule has 0 aliphatic carbocycles. The maximum atomic E-state index is 13.4. The lowest BCUT2D eigenvalue weighted by Crippen LogP contribution is -2.39. The molecule has 0 spiro atoms. The minimum atomic E-state index is -3.82. The van der Waals surface area contributed by atoms with Gasteiger partial charge in [-0.25, -0.2) is 8.42 Å². The van der Waals surface area contributed by atoms with E-state index in [4.69, 9.17) is 13.9 Å². The molecule has 0 unspecified atom stereocenters. The van der Waals surface area contributed by atoms with E-state index >= 15 is 0 Å². The molecule has 1 fully saturated rings. The molecular weight excluding hydrogens is 460 g/mol. The number of anilines is 1.